The van der Waals surface area contributed by atoms with Gasteiger partial charge in [0, 0.05) is 4.90 Å². The number of rotatable bonds is 6. The number of anilines is 1. The van der Waals surface area contributed by atoms with Crippen LogP contribution in [-0.4, -0.2) is 55.3 Å². The number of hydrogen-bond acceptors (Lipinski definition) is 7. The first-order valence-corrected chi connectivity index (χ1v) is 11.2. The number of carbonyl (C=O) groups excluding carboxylic acids is 4. The van der Waals surface area contributed by atoms with Gasteiger partial charge in [0.25, 0.3) is 0 Å². The average molecular weight is 468 g/mol. The summed E-state index contributed by atoms with van der Waals surface area (Å²) in [5.74, 6) is -1.68. The molecule has 0 saturated carbocycles. The molecule has 0 saturated heterocycles. The van der Waals surface area contributed by atoms with Crippen molar-refractivity contribution >= 4 is 41.3 Å². The Balaban J connectivity index is 1.58. The van der Waals surface area contributed by atoms with Gasteiger partial charge in [-0.15, -0.1) is 11.8 Å². The molecule has 170 valence electrons. The van der Waals surface area contributed by atoms with Crippen LogP contribution >= 0.6 is 11.8 Å². The SMILES string of the molecule is COC(=O)c1ccccc1NC(=O)CN1C(=O)N[C@H](c2ccc(SC)cc2)C2=C1COC2=O. The lowest BCUT2D eigenvalue weighted by atomic mass is 9.96. The first-order valence-electron chi connectivity index (χ1n) is 10.0. The van der Waals surface area contributed by atoms with Crippen molar-refractivity contribution < 1.29 is 28.7 Å². The second kappa shape index (κ2) is 9.37. The fraction of sp³-hybridized carbons (Fsp3) is 0.217. The van der Waals surface area contributed by atoms with Gasteiger partial charge in [-0.05, 0) is 36.1 Å². The standard InChI is InChI=1S/C23H21N3O6S/c1-31-21(28)15-5-3-4-6-16(15)24-18(27)11-26-17-12-32-22(29)19(17)20(25-23(26)30)13-7-9-14(33-2)10-8-13/h3-10,20H,11-12H2,1-2H3,(H,24,27)(H,25,30)/t20-/m1/s1. The van der Waals surface area contributed by atoms with Gasteiger partial charge in [0.05, 0.1) is 35.7 Å². The molecule has 33 heavy (non-hydrogen) atoms. The number of urea groups is 1. The highest BCUT2D eigenvalue weighted by molar-refractivity contribution is 7.98. The number of para-hydroxylation sites is 1. The molecule has 2 aliphatic rings. The summed E-state index contributed by atoms with van der Waals surface area (Å²) in [4.78, 5) is 52.3. The summed E-state index contributed by atoms with van der Waals surface area (Å²) in [6.45, 7) is -0.470. The quantitative estimate of drug-likeness (QED) is 0.496. The molecule has 1 atom stereocenters. The Bertz CT molecular complexity index is 1160. The minimum Gasteiger partial charge on any atom is -0.465 e. The molecule has 0 unspecified atom stereocenters. The molecule has 9 nitrogen and oxygen atoms in total. The van der Waals surface area contributed by atoms with Gasteiger partial charge in [-0.2, -0.15) is 0 Å². The van der Waals surface area contributed by atoms with Crippen LogP contribution in [-0.2, 0) is 19.1 Å². The number of ether oxygens (including phenoxy) is 2. The van der Waals surface area contributed by atoms with Crippen molar-refractivity contribution in [2.24, 2.45) is 0 Å². The monoisotopic (exact) mass is 467 g/mol. The van der Waals surface area contributed by atoms with E-state index in [1.807, 2.05) is 30.5 Å². The van der Waals surface area contributed by atoms with Crippen molar-refractivity contribution in [1.29, 1.82) is 0 Å². The lowest BCUT2D eigenvalue weighted by Gasteiger charge is -2.32. The zero-order valence-corrected chi connectivity index (χ0v) is 18.7. The largest absolute Gasteiger partial charge is 0.465 e. The van der Waals surface area contributed by atoms with Crippen molar-refractivity contribution in [3.8, 4) is 0 Å². The highest BCUT2D eigenvalue weighted by Crippen LogP contribution is 2.35. The molecular weight excluding hydrogens is 446 g/mol. The van der Waals surface area contributed by atoms with E-state index in [9.17, 15) is 19.2 Å². The Labute approximate surface area is 194 Å². The molecule has 3 amide bonds. The molecule has 2 aromatic carbocycles. The third kappa shape index (κ3) is 4.42. The molecule has 4 rings (SSSR count). The molecule has 0 radical (unpaired) electrons. The Morgan fingerprint density at radius 1 is 1.18 bits per heavy atom. The third-order valence-corrected chi connectivity index (χ3v) is 6.10. The van der Waals surface area contributed by atoms with E-state index in [4.69, 9.17) is 9.47 Å². The molecule has 2 heterocycles. The summed E-state index contributed by atoms with van der Waals surface area (Å²) in [7, 11) is 1.25. The molecular formula is C23H21N3O6S. The number of nitrogens with zero attached hydrogens (tertiary/aromatic N) is 1. The second-order valence-corrected chi connectivity index (χ2v) is 8.14. The molecule has 2 aliphatic heterocycles. The number of methoxy groups -OCH3 is 1. The van der Waals surface area contributed by atoms with Crippen molar-refractivity contribution in [3.05, 3.63) is 70.9 Å². The zero-order chi connectivity index (χ0) is 23.5. The number of esters is 2. The second-order valence-electron chi connectivity index (χ2n) is 7.26. The first-order chi connectivity index (χ1) is 15.9. The maximum atomic E-state index is 12.9. The van der Waals surface area contributed by atoms with Gasteiger partial charge in [0.2, 0.25) is 5.91 Å². The average Bonchev–Trinajstić information content (AvgIpc) is 3.22. The highest BCUT2D eigenvalue weighted by atomic mass is 32.2. The van der Waals surface area contributed by atoms with E-state index >= 15 is 0 Å². The van der Waals surface area contributed by atoms with Gasteiger partial charge in [-0.1, -0.05) is 24.3 Å². The van der Waals surface area contributed by atoms with E-state index in [0.717, 1.165) is 10.5 Å². The smallest absolute Gasteiger partial charge is 0.339 e. The van der Waals surface area contributed by atoms with E-state index < -0.39 is 29.9 Å². The number of nitrogens with one attached hydrogen (secondary N) is 2. The Morgan fingerprint density at radius 2 is 1.91 bits per heavy atom. The summed E-state index contributed by atoms with van der Waals surface area (Å²) < 4.78 is 9.93. The third-order valence-electron chi connectivity index (χ3n) is 5.36. The predicted molar refractivity (Wildman–Crippen MR) is 121 cm³/mol. The van der Waals surface area contributed by atoms with Crippen LogP contribution in [0.4, 0.5) is 10.5 Å². The van der Waals surface area contributed by atoms with E-state index in [-0.39, 0.29) is 24.4 Å². The Kier molecular flexibility index (Phi) is 6.36. The molecule has 0 bridgehead atoms. The Hall–Kier alpha value is -3.79. The van der Waals surface area contributed by atoms with Crippen molar-refractivity contribution in [2.75, 3.05) is 31.8 Å². The first kappa shape index (κ1) is 22.4. The number of amides is 3. The summed E-state index contributed by atoms with van der Waals surface area (Å²) >= 11 is 1.58. The van der Waals surface area contributed by atoms with Crippen LogP contribution in [0.1, 0.15) is 22.0 Å². The van der Waals surface area contributed by atoms with Crippen LogP contribution < -0.4 is 10.6 Å². The van der Waals surface area contributed by atoms with Crippen molar-refractivity contribution in [2.45, 2.75) is 10.9 Å². The van der Waals surface area contributed by atoms with Gasteiger partial charge >= 0.3 is 18.0 Å². The number of benzene rings is 2. The summed E-state index contributed by atoms with van der Waals surface area (Å²) in [5, 5.41) is 5.43. The predicted octanol–water partition coefficient (Wildman–Crippen LogP) is 2.71. The van der Waals surface area contributed by atoms with Crippen LogP contribution in [0.3, 0.4) is 0 Å². The summed E-state index contributed by atoms with van der Waals surface area (Å²) in [6.07, 6.45) is 1.96. The Morgan fingerprint density at radius 3 is 2.61 bits per heavy atom. The highest BCUT2D eigenvalue weighted by Gasteiger charge is 2.42. The van der Waals surface area contributed by atoms with Crippen molar-refractivity contribution in [3.63, 3.8) is 0 Å². The van der Waals surface area contributed by atoms with Crippen LogP contribution in [0.15, 0.2) is 64.7 Å². The minimum atomic E-state index is -0.669. The summed E-state index contributed by atoms with van der Waals surface area (Å²) in [5.41, 5.74) is 1.83. The molecule has 0 aromatic heterocycles. The topological polar surface area (TPSA) is 114 Å². The maximum Gasteiger partial charge on any atom is 0.339 e. The van der Waals surface area contributed by atoms with Gasteiger partial charge in [0.1, 0.15) is 13.2 Å². The molecule has 0 fully saturated rings. The molecule has 10 heteroatoms. The van der Waals surface area contributed by atoms with E-state index in [1.165, 1.54) is 18.1 Å². The van der Waals surface area contributed by atoms with E-state index in [2.05, 4.69) is 10.6 Å². The van der Waals surface area contributed by atoms with Gasteiger partial charge in [-0.25, -0.2) is 14.4 Å². The zero-order valence-electron chi connectivity index (χ0n) is 17.9. The minimum absolute atomic E-state index is 0.104. The van der Waals surface area contributed by atoms with Crippen molar-refractivity contribution in [1.82, 2.24) is 10.2 Å². The van der Waals surface area contributed by atoms with Crippen LogP contribution in [0, 0.1) is 0 Å². The van der Waals surface area contributed by atoms with E-state index in [1.54, 1.807) is 30.0 Å². The molecule has 2 N–H and O–H groups in total. The van der Waals surface area contributed by atoms with Gasteiger partial charge in [-0.3, -0.25) is 9.69 Å². The maximum absolute atomic E-state index is 12.9. The van der Waals surface area contributed by atoms with E-state index in [0.29, 0.717) is 11.3 Å². The number of thioether (sulfide) groups is 1. The fourth-order valence-electron chi connectivity index (χ4n) is 3.74. The number of cyclic esters (lactones) is 1. The fourth-order valence-corrected chi connectivity index (χ4v) is 4.15. The van der Waals surface area contributed by atoms with Crippen LogP contribution in [0.5, 0.6) is 0 Å². The molecule has 2 aromatic rings. The molecule has 0 aliphatic carbocycles. The van der Waals surface area contributed by atoms with Gasteiger partial charge in [0.15, 0.2) is 0 Å². The normalized spacial score (nSPS) is 17.3. The van der Waals surface area contributed by atoms with Crippen LogP contribution in [0.2, 0.25) is 0 Å². The van der Waals surface area contributed by atoms with Crippen LogP contribution in [0.25, 0.3) is 0 Å². The lowest BCUT2D eigenvalue weighted by molar-refractivity contribution is -0.136. The lowest BCUT2D eigenvalue weighted by Crippen LogP contribution is -2.49. The molecule has 0 spiro atoms. The van der Waals surface area contributed by atoms with Gasteiger partial charge < -0.3 is 20.1 Å². The number of carbonyl (C=O) groups is 4. The summed E-state index contributed by atoms with van der Waals surface area (Å²) in [6, 6.07) is 12.7. The number of hydrogen-bond donors (Lipinski definition) is 2.